The van der Waals surface area contributed by atoms with Gasteiger partial charge >= 0.3 is 6.09 Å². The highest BCUT2D eigenvalue weighted by atomic mass is 16.4. The summed E-state index contributed by atoms with van der Waals surface area (Å²) in [5.41, 5.74) is 0.232. The minimum atomic E-state index is -0.759. The topological polar surface area (TPSA) is 64.1 Å². The summed E-state index contributed by atoms with van der Waals surface area (Å²) in [6.07, 6.45) is 6.60. The number of likely N-dealkylation sites (tertiary alicyclic amines) is 3. The molecule has 3 aliphatic heterocycles. The van der Waals surface area contributed by atoms with Crippen molar-refractivity contribution >= 4 is 12.0 Å². The van der Waals surface area contributed by atoms with Crippen molar-refractivity contribution in [2.45, 2.75) is 76.9 Å². The predicted octanol–water partition coefficient (Wildman–Crippen LogP) is 2.63. The number of carboxylic acid groups (broad SMARTS) is 1. The molecule has 3 unspecified atom stereocenters. The van der Waals surface area contributed by atoms with E-state index in [1.165, 1.54) is 0 Å². The van der Waals surface area contributed by atoms with Gasteiger partial charge in [0.15, 0.2) is 0 Å². The van der Waals surface area contributed by atoms with Gasteiger partial charge in [-0.15, -0.1) is 0 Å². The molecule has 0 aromatic heterocycles. The molecule has 1 aliphatic carbocycles. The van der Waals surface area contributed by atoms with E-state index in [0.717, 1.165) is 64.6 Å². The molecule has 4 aliphatic rings. The number of piperidine rings is 1. The molecule has 6 heteroatoms. The molecule has 1 N–H and O–H groups in total. The van der Waals surface area contributed by atoms with Crippen molar-refractivity contribution < 1.29 is 14.7 Å². The second kappa shape index (κ2) is 6.70. The molecule has 0 aromatic rings. The zero-order valence-electron chi connectivity index (χ0n) is 16.2. The third kappa shape index (κ3) is 2.72. The summed E-state index contributed by atoms with van der Waals surface area (Å²) in [7, 11) is 0. The molecule has 1 saturated carbocycles. The molecular formula is C20H33N3O3. The van der Waals surface area contributed by atoms with Crippen LogP contribution >= 0.6 is 0 Å². The predicted molar refractivity (Wildman–Crippen MR) is 99.0 cm³/mol. The van der Waals surface area contributed by atoms with Crippen LogP contribution in [0.3, 0.4) is 0 Å². The lowest BCUT2D eigenvalue weighted by Gasteiger charge is -2.59. The van der Waals surface area contributed by atoms with Gasteiger partial charge in [0, 0.05) is 50.7 Å². The average Bonchev–Trinajstić information content (AvgIpc) is 3.06. The monoisotopic (exact) mass is 363 g/mol. The summed E-state index contributed by atoms with van der Waals surface area (Å²) in [4.78, 5) is 29.7. The molecule has 4 fully saturated rings. The van der Waals surface area contributed by atoms with E-state index in [0.29, 0.717) is 36.5 Å². The third-order valence-corrected chi connectivity index (χ3v) is 7.89. The number of amides is 2. The fourth-order valence-corrected chi connectivity index (χ4v) is 6.41. The Bertz CT molecular complexity index is 575. The Morgan fingerprint density at radius 2 is 1.92 bits per heavy atom. The lowest BCUT2D eigenvalue weighted by Crippen LogP contribution is -2.64. The summed E-state index contributed by atoms with van der Waals surface area (Å²) >= 11 is 0. The SMILES string of the molecule is CCC1C(N2CCC(N3C(=O)C[C@H]3CC)CC2)CC12CCN(C(=O)O)C2. The molecule has 0 aromatic carbocycles. The zero-order valence-corrected chi connectivity index (χ0v) is 16.2. The van der Waals surface area contributed by atoms with E-state index < -0.39 is 6.09 Å². The fourth-order valence-electron chi connectivity index (χ4n) is 6.41. The first-order valence-electron chi connectivity index (χ1n) is 10.5. The minimum absolute atomic E-state index is 0.232. The van der Waals surface area contributed by atoms with Crippen molar-refractivity contribution in [3.8, 4) is 0 Å². The van der Waals surface area contributed by atoms with E-state index in [2.05, 4.69) is 23.6 Å². The van der Waals surface area contributed by atoms with E-state index in [1.54, 1.807) is 4.90 Å². The molecule has 4 atom stereocenters. The van der Waals surface area contributed by atoms with Crippen LogP contribution in [-0.4, -0.2) is 76.1 Å². The largest absolute Gasteiger partial charge is 0.465 e. The summed E-state index contributed by atoms with van der Waals surface area (Å²) in [5.74, 6) is 0.974. The molecular weight excluding hydrogens is 330 g/mol. The summed E-state index contributed by atoms with van der Waals surface area (Å²) in [5, 5.41) is 9.30. The second-order valence-corrected chi connectivity index (χ2v) is 8.94. The second-order valence-electron chi connectivity index (χ2n) is 8.94. The van der Waals surface area contributed by atoms with Gasteiger partial charge in [-0.05, 0) is 43.4 Å². The summed E-state index contributed by atoms with van der Waals surface area (Å²) < 4.78 is 0. The molecule has 3 saturated heterocycles. The van der Waals surface area contributed by atoms with Crippen LogP contribution in [-0.2, 0) is 4.79 Å². The zero-order chi connectivity index (χ0) is 18.5. The first-order chi connectivity index (χ1) is 12.5. The first kappa shape index (κ1) is 18.1. The molecule has 2 amide bonds. The Morgan fingerprint density at radius 3 is 2.46 bits per heavy atom. The molecule has 0 radical (unpaired) electrons. The van der Waals surface area contributed by atoms with Gasteiger partial charge in [-0.3, -0.25) is 9.69 Å². The van der Waals surface area contributed by atoms with Gasteiger partial charge < -0.3 is 14.9 Å². The summed E-state index contributed by atoms with van der Waals surface area (Å²) in [6.45, 7) is 8.06. The van der Waals surface area contributed by atoms with Crippen LogP contribution in [0.5, 0.6) is 0 Å². The number of β-lactam (4-membered cyclic amide) rings is 1. The highest BCUT2D eigenvalue weighted by molar-refractivity contribution is 5.83. The van der Waals surface area contributed by atoms with Crippen molar-refractivity contribution in [2.75, 3.05) is 26.2 Å². The third-order valence-electron chi connectivity index (χ3n) is 7.89. The maximum absolute atomic E-state index is 12.0. The maximum atomic E-state index is 12.0. The van der Waals surface area contributed by atoms with Crippen LogP contribution in [0.4, 0.5) is 4.79 Å². The van der Waals surface area contributed by atoms with Crippen molar-refractivity contribution in [2.24, 2.45) is 11.3 Å². The number of rotatable bonds is 4. The number of hydrogen-bond acceptors (Lipinski definition) is 3. The van der Waals surface area contributed by atoms with Gasteiger partial charge in [-0.1, -0.05) is 20.3 Å². The van der Waals surface area contributed by atoms with Gasteiger partial charge in [-0.2, -0.15) is 0 Å². The Hall–Kier alpha value is -1.30. The Kier molecular flexibility index (Phi) is 4.66. The van der Waals surface area contributed by atoms with Crippen molar-refractivity contribution in [3.05, 3.63) is 0 Å². The highest BCUT2D eigenvalue weighted by Crippen LogP contribution is 2.56. The van der Waals surface area contributed by atoms with Gasteiger partial charge in [0.1, 0.15) is 0 Å². The number of carbonyl (C=O) groups is 2. The molecule has 3 heterocycles. The molecule has 6 nitrogen and oxygen atoms in total. The molecule has 146 valence electrons. The van der Waals surface area contributed by atoms with Crippen molar-refractivity contribution in [3.63, 3.8) is 0 Å². The van der Waals surface area contributed by atoms with Gasteiger partial charge in [0.05, 0.1) is 0 Å². The Labute approximate surface area is 156 Å². The van der Waals surface area contributed by atoms with Crippen LogP contribution in [0, 0.1) is 11.3 Å². The summed E-state index contributed by atoms with van der Waals surface area (Å²) in [6, 6.07) is 1.54. The number of carbonyl (C=O) groups excluding carboxylic acids is 1. The fraction of sp³-hybridized carbons (Fsp3) is 0.900. The minimum Gasteiger partial charge on any atom is -0.465 e. The number of nitrogens with zero attached hydrogens (tertiary/aromatic N) is 3. The van der Waals surface area contributed by atoms with E-state index in [9.17, 15) is 14.7 Å². The lowest BCUT2D eigenvalue weighted by molar-refractivity contribution is -0.153. The molecule has 0 bridgehead atoms. The van der Waals surface area contributed by atoms with E-state index in [1.807, 2.05) is 0 Å². The lowest BCUT2D eigenvalue weighted by atomic mass is 9.54. The smallest absolute Gasteiger partial charge is 0.407 e. The highest BCUT2D eigenvalue weighted by Gasteiger charge is 2.58. The Morgan fingerprint density at radius 1 is 1.19 bits per heavy atom. The number of hydrogen-bond donors (Lipinski definition) is 1. The quantitative estimate of drug-likeness (QED) is 0.780. The average molecular weight is 364 g/mol. The first-order valence-corrected chi connectivity index (χ1v) is 10.5. The van der Waals surface area contributed by atoms with E-state index in [-0.39, 0.29) is 5.41 Å². The molecule has 26 heavy (non-hydrogen) atoms. The van der Waals surface area contributed by atoms with Crippen LogP contribution in [0.15, 0.2) is 0 Å². The van der Waals surface area contributed by atoms with E-state index >= 15 is 0 Å². The van der Waals surface area contributed by atoms with Crippen LogP contribution in [0.2, 0.25) is 0 Å². The van der Waals surface area contributed by atoms with Crippen molar-refractivity contribution in [1.82, 2.24) is 14.7 Å². The van der Waals surface area contributed by atoms with Crippen LogP contribution in [0.1, 0.15) is 58.8 Å². The van der Waals surface area contributed by atoms with Gasteiger partial charge in [0.2, 0.25) is 5.91 Å². The van der Waals surface area contributed by atoms with Gasteiger partial charge in [-0.25, -0.2) is 4.79 Å². The van der Waals surface area contributed by atoms with Crippen LogP contribution in [0.25, 0.3) is 0 Å². The van der Waals surface area contributed by atoms with Crippen molar-refractivity contribution in [1.29, 1.82) is 0 Å². The molecule has 1 spiro atoms. The normalized spacial score (nSPS) is 38.5. The standard InChI is InChI=1S/C20H33N3O3/c1-3-14-11-18(24)23(14)15-5-8-21(9-6-15)17-12-20(16(17)4-2)7-10-22(13-20)19(25)26/h14-17H,3-13H2,1-2H3,(H,25,26)/t14-,16?,17?,20?/m1/s1. The van der Waals surface area contributed by atoms with Gasteiger partial charge in [0.25, 0.3) is 0 Å². The van der Waals surface area contributed by atoms with E-state index in [4.69, 9.17) is 0 Å². The van der Waals surface area contributed by atoms with Crippen LogP contribution < -0.4 is 0 Å². The molecule has 4 rings (SSSR count). The maximum Gasteiger partial charge on any atom is 0.407 e. The Balaban J connectivity index is 1.33.